The van der Waals surface area contributed by atoms with Gasteiger partial charge in [0, 0.05) is 37.2 Å². The molecule has 0 aromatic heterocycles. The Labute approximate surface area is 201 Å². The summed E-state index contributed by atoms with van der Waals surface area (Å²) in [5.41, 5.74) is 2.13. The van der Waals surface area contributed by atoms with Crippen molar-refractivity contribution in [3.8, 4) is 11.8 Å². The number of nitrogens with zero attached hydrogens (tertiary/aromatic N) is 2. The zero-order valence-electron chi connectivity index (χ0n) is 20.0. The molecule has 1 heterocycles. The Morgan fingerprint density at radius 2 is 2.09 bits per heavy atom. The van der Waals surface area contributed by atoms with E-state index < -0.39 is 11.9 Å². The van der Waals surface area contributed by atoms with E-state index in [-0.39, 0.29) is 5.91 Å². The first-order valence-corrected chi connectivity index (χ1v) is 11.6. The van der Waals surface area contributed by atoms with Crippen molar-refractivity contribution in [2.24, 2.45) is 0 Å². The minimum atomic E-state index is -0.691. The topological polar surface area (TPSA) is 108 Å². The molecule has 1 unspecified atom stereocenters. The van der Waals surface area contributed by atoms with E-state index in [0.717, 1.165) is 30.6 Å². The largest absolute Gasteiger partial charge is 0.379 e. The summed E-state index contributed by atoms with van der Waals surface area (Å²) in [5.74, 6) is 5.57. The summed E-state index contributed by atoms with van der Waals surface area (Å²) in [6.45, 7) is 5.69. The molecule has 9 nitrogen and oxygen atoms in total. The fourth-order valence-electron chi connectivity index (χ4n) is 3.80. The number of carbonyl (C=O) groups excluding carboxylic acids is 4. The number of ether oxygens (including phenoxy) is 1. The van der Waals surface area contributed by atoms with Crippen molar-refractivity contribution in [1.29, 1.82) is 0 Å². The van der Waals surface area contributed by atoms with Crippen LogP contribution in [0.3, 0.4) is 0 Å². The summed E-state index contributed by atoms with van der Waals surface area (Å²) >= 11 is 0. The standard InChI is InChI=1S/C25H34N4O5/c1-3-8-23(24(32)27-19-31)29-17-22-20(10-6-11-21(22)25(29)33)9-4-5-15-34-16-14-28(2)13-7-12-26-18-30/h6,10-11,18-19,23H,3,5,7-8,12-17H2,1-2H3,(H,26,30)(H,27,31,32). The van der Waals surface area contributed by atoms with Crippen LogP contribution in [0.1, 0.15) is 54.1 Å². The van der Waals surface area contributed by atoms with Gasteiger partial charge < -0.3 is 19.9 Å². The van der Waals surface area contributed by atoms with Crippen LogP contribution >= 0.6 is 0 Å². The molecule has 0 radical (unpaired) electrons. The molecule has 1 aliphatic rings. The maximum absolute atomic E-state index is 12.9. The summed E-state index contributed by atoms with van der Waals surface area (Å²) in [4.78, 5) is 49.9. The third-order valence-electron chi connectivity index (χ3n) is 5.59. The number of rotatable bonds is 15. The number of hydrogen-bond acceptors (Lipinski definition) is 6. The highest BCUT2D eigenvalue weighted by molar-refractivity contribution is 6.02. The van der Waals surface area contributed by atoms with Crippen molar-refractivity contribution in [2.75, 3.05) is 39.9 Å². The van der Waals surface area contributed by atoms with Gasteiger partial charge in [-0.15, -0.1) is 0 Å². The number of likely N-dealkylation sites (N-methyl/N-ethyl adjacent to an activating group) is 1. The molecule has 2 N–H and O–H groups in total. The second-order valence-corrected chi connectivity index (χ2v) is 8.09. The molecule has 0 aliphatic carbocycles. The van der Waals surface area contributed by atoms with Crippen LogP contribution in [-0.4, -0.2) is 80.4 Å². The molecule has 1 aromatic carbocycles. The average molecular weight is 471 g/mol. The van der Waals surface area contributed by atoms with Crippen molar-refractivity contribution in [2.45, 2.75) is 45.2 Å². The average Bonchev–Trinajstić information content (AvgIpc) is 3.16. The summed E-state index contributed by atoms with van der Waals surface area (Å²) in [5, 5.41) is 4.82. The number of imide groups is 1. The van der Waals surface area contributed by atoms with Crippen LogP contribution in [0.25, 0.3) is 0 Å². The predicted molar refractivity (Wildman–Crippen MR) is 128 cm³/mol. The molecule has 0 saturated heterocycles. The Balaban J connectivity index is 1.86. The summed E-state index contributed by atoms with van der Waals surface area (Å²) in [7, 11) is 2.01. The molecule has 4 amide bonds. The van der Waals surface area contributed by atoms with Gasteiger partial charge in [0.15, 0.2) is 0 Å². The maximum atomic E-state index is 12.9. The van der Waals surface area contributed by atoms with Crippen LogP contribution in [-0.2, 0) is 25.7 Å². The number of nitrogens with one attached hydrogen (secondary N) is 2. The maximum Gasteiger partial charge on any atom is 0.255 e. The molecule has 184 valence electrons. The number of amides is 4. The molecule has 2 rings (SSSR count). The molecule has 34 heavy (non-hydrogen) atoms. The molecule has 1 atom stereocenters. The highest BCUT2D eigenvalue weighted by Gasteiger charge is 2.36. The minimum Gasteiger partial charge on any atom is -0.379 e. The van der Waals surface area contributed by atoms with Crippen molar-refractivity contribution >= 4 is 24.6 Å². The van der Waals surface area contributed by atoms with Gasteiger partial charge in [0.25, 0.3) is 5.91 Å². The summed E-state index contributed by atoms with van der Waals surface area (Å²) < 4.78 is 5.65. The zero-order chi connectivity index (χ0) is 24.8. The SMILES string of the molecule is CCCC(C(=O)NC=O)N1Cc2c(C#CCCOCCN(C)CCCNC=O)cccc2C1=O. The minimum absolute atomic E-state index is 0.215. The van der Waals surface area contributed by atoms with Gasteiger partial charge in [0.1, 0.15) is 6.04 Å². The van der Waals surface area contributed by atoms with E-state index in [1.807, 2.05) is 20.0 Å². The van der Waals surface area contributed by atoms with E-state index in [9.17, 15) is 19.2 Å². The number of hydrogen-bond donors (Lipinski definition) is 2. The Morgan fingerprint density at radius 1 is 1.26 bits per heavy atom. The summed E-state index contributed by atoms with van der Waals surface area (Å²) in [6, 6.07) is 4.72. The molecule has 0 fully saturated rings. The fraction of sp³-hybridized carbons (Fsp3) is 0.520. The quantitative estimate of drug-likeness (QED) is 0.224. The van der Waals surface area contributed by atoms with Crippen molar-refractivity contribution in [3.05, 3.63) is 34.9 Å². The smallest absolute Gasteiger partial charge is 0.255 e. The lowest BCUT2D eigenvalue weighted by atomic mass is 10.0. The van der Waals surface area contributed by atoms with Gasteiger partial charge in [-0.1, -0.05) is 31.3 Å². The molecule has 0 bridgehead atoms. The van der Waals surface area contributed by atoms with Crippen LogP contribution < -0.4 is 10.6 Å². The Hall–Kier alpha value is -3.22. The third kappa shape index (κ3) is 7.97. The number of carbonyl (C=O) groups is 4. The first kappa shape index (κ1) is 27.0. The van der Waals surface area contributed by atoms with Crippen molar-refractivity contribution in [1.82, 2.24) is 20.4 Å². The van der Waals surface area contributed by atoms with Crippen LogP contribution in [0.15, 0.2) is 18.2 Å². The van der Waals surface area contributed by atoms with Gasteiger partial charge in [-0.05, 0) is 44.1 Å². The first-order chi connectivity index (χ1) is 16.5. The zero-order valence-corrected chi connectivity index (χ0v) is 20.0. The lowest BCUT2D eigenvalue weighted by Crippen LogP contribution is -2.46. The van der Waals surface area contributed by atoms with Crippen molar-refractivity contribution in [3.63, 3.8) is 0 Å². The molecule has 1 aromatic rings. The summed E-state index contributed by atoms with van der Waals surface area (Å²) in [6.07, 6.45) is 3.69. The van der Waals surface area contributed by atoms with E-state index >= 15 is 0 Å². The van der Waals surface area contributed by atoms with E-state index in [1.54, 1.807) is 12.1 Å². The highest BCUT2D eigenvalue weighted by Crippen LogP contribution is 2.28. The predicted octanol–water partition coefficient (Wildman–Crippen LogP) is 0.910. The number of fused-ring (bicyclic) bond motifs is 1. The normalized spacial score (nSPS) is 13.1. The van der Waals surface area contributed by atoms with Crippen LogP contribution in [0.2, 0.25) is 0 Å². The Morgan fingerprint density at radius 3 is 2.82 bits per heavy atom. The molecule has 0 spiro atoms. The van der Waals surface area contributed by atoms with E-state index in [4.69, 9.17) is 4.74 Å². The van der Waals surface area contributed by atoms with Crippen LogP contribution in [0.5, 0.6) is 0 Å². The van der Waals surface area contributed by atoms with Crippen LogP contribution in [0.4, 0.5) is 0 Å². The monoisotopic (exact) mass is 470 g/mol. The van der Waals surface area contributed by atoms with Crippen LogP contribution in [0, 0.1) is 11.8 Å². The first-order valence-electron chi connectivity index (χ1n) is 11.6. The Kier molecular flexibility index (Phi) is 11.8. The molecular weight excluding hydrogens is 436 g/mol. The van der Waals surface area contributed by atoms with Gasteiger partial charge in [-0.2, -0.15) is 0 Å². The second kappa shape index (κ2) is 14.8. The fourth-order valence-corrected chi connectivity index (χ4v) is 3.80. The lowest BCUT2D eigenvalue weighted by Gasteiger charge is -2.25. The van der Waals surface area contributed by atoms with Gasteiger partial charge >= 0.3 is 0 Å². The highest BCUT2D eigenvalue weighted by atomic mass is 16.5. The molecule has 1 aliphatic heterocycles. The lowest BCUT2D eigenvalue weighted by molar-refractivity contribution is -0.129. The van der Waals surface area contributed by atoms with Gasteiger partial charge in [0.05, 0.1) is 13.2 Å². The molecule has 9 heteroatoms. The van der Waals surface area contributed by atoms with E-state index in [2.05, 4.69) is 27.4 Å². The second-order valence-electron chi connectivity index (χ2n) is 8.09. The van der Waals surface area contributed by atoms with Gasteiger partial charge in [0.2, 0.25) is 18.7 Å². The van der Waals surface area contributed by atoms with Gasteiger partial charge in [-0.3, -0.25) is 24.5 Å². The number of benzene rings is 1. The van der Waals surface area contributed by atoms with E-state index in [1.165, 1.54) is 4.90 Å². The van der Waals surface area contributed by atoms with Crippen molar-refractivity contribution < 1.29 is 23.9 Å². The Bertz CT molecular complexity index is 908. The third-order valence-corrected chi connectivity index (χ3v) is 5.59. The van der Waals surface area contributed by atoms with Gasteiger partial charge in [-0.25, -0.2) is 0 Å². The van der Waals surface area contributed by atoms with E-state index in [0.29, 0.717) is 63.9 Å². The molecule has 0 saturated carbocycles. The molecular formula is C25H34N4O5.